The predicted octanol–water partition coefficient (Wildman–Crippen LogP) is -0.177. The lowest BCUT2D eigenvalue weighted by molar-refractivity contribution is -0.141. The molecule has 3 unspecified atom stereocenters. The number of amides is 1. The van der Waals surface area contributed by atoms with Crippen LogP contribution in [0.25, 0.3) is 0 Å². The summed E-state index contributed by atoms with van der Waals surface area (Å²) in [5, 5.41) is 8.85. The van der Waals surface area contributed by atoms with E-state index in [0.29, 0.717) is 25.9 Å². The summed E-state index contributed by atoms with van der Waals surface area (Å²) in [6.07, 6.45) is 4.88. The second-order valence-corrected chi connectivity index (χ2v) is 4.50. The van der Waals surface area contributed by atoms with Crippen LogP contribution in [0.2, 0.25) is 0 Å². The minimum atomic E-state index is -0.811. The molecule has 0 aromatic heterocycles. The summed E-state index contributed by atoms with van der Waals surface area (Å²) in [4.78, 5) is 24.4. The molecular weight excluding hydrogens is 208 g/mol. The Kier molecular flexibility index (Phi) is 2.96. The molecule has 5 heteroatoms. The van der Waals surface area contributed by atoms with Crippen molar-refractivity contribution in [2.45, 2.75) is 18.9 Å². The van der Waals surface area contributed by atoms with Crippen LogP contribution in [0.15, 0.2) is 12.2 Å². The molecule has 2 aliphatic rings. The summed E-state index contributed by atoms with van der Waals surface area (Å²) < 4.78 is 0. The summed E-state index contributed by atoms with van der Waals surface area (Å²) in [6.45, 7) is 0.892. The van der Waals surface area contributed by atoms with Crippen molar-refractivity contribution in [2.24, 2.45) is 17.6 Å². The summed E-state index contributed by atoms with van der Waals surface area (Å²) in [5.74, 6) is -1.34. The van der Waals surface area contributed by atoms with E-state index in [2.05, 4.69) is 0 Å². The van der Waals surface area contributed by atoms with Gasteiger partial charge in [-0.15, -0.1) is 0 Å². The summed E-state index contributed by atoms with van der Waals surface area (Å²) in [7, 11) is 0. The number of likely N-dealkylation sites (tertiary alicyclic amines) is 1. The number of carboxylic acid groups (broad SMARTS) is 1. The first-order valence-corrected chi connectivity index (χ1v) is 5.53. The zero-order valence-electron chi connectivity index (χ0n) is 9.00. The lowest BCUT2D eigenvalue weighted by atomic mass is 10.1. The summed E-state index contributed by atoms with van der Waals surface area (Å²) in [6, 6.07) is -0.0353. The maximum atomic E-state index is 12.0. The zero-order chi connectivity index (χ0) is 11.7. The fourth-order valence-corrected chi connectivity index (χ4v) is 2.31. The Morgan fingerprint density at radius 2 is 2.12 bits per heavy atom. The Balaban J connectivity index is 1.92. The summed E-state index contributed by atoms with van der Waals surface area (Å²) in [5.41, 5.74) is 5.69. The van der Waals surface area contributed by atoms with Gasteiger partial charge in [-0.25, -0.2) is 0 Å². The van der Waals surface area contributed by atoms with Crippen molar-refractivity contribution in [1.82, 2.24) is 4.90 Å². The number of aliphatic carboxylic acids is 1. The molecule has 0 bridgehead atoms. The zero-order valence-corrected chi connectivity index (χ0v) is 9.00. The molecule has 0 aromatic rings. The highest BCUT2D eigenvalue weighted by atomic mass is 16.4. The Morgan fingerprint density at radius 3 is 2.62 bits per heavy atom. The fraction of sp³-hybridized carbons (Fsp3) is 0.636. The molecule has 1 fully saturated rings. The van der Waals surface area contributed by atoms with Crippen LogP contribution >= 0.6 is 0 Å². The number of carbonyl (C=O) groups is 2. The molecule has 3 atom stereocenters. The van der Waals surface area contributed by atoms with Crippen molar-refractivity contribution in [2.75, 3.05) is 13.1 Å². The number of nitrogens with zero attached hydrogens (tertiary/aromatic N) is 1. The van der Waals surface area contributed by atoms with Crippen LogP contribution in [0.5, 0.6) is 0 Å². The van der Waals surface area contributed by atoms with Gasteiger partial charge in [0.1, 0.15) is 0 Å². The third kappa shape index (κ3) is 2.09. The van der Waals surface area contributed by atoms with Crippen LogP contribution in [0.4, 0.5) is 0 Å². The van der Waals surface area contributed by atoms with Gasteiger partial charge in [-0.3, -0.25) is 9.59 Å². The van der Waals surface area contributed by atoms with Crippen molar-refractivity contribution in [3.8, 4) is 0 Å². The average Bonchev–Trinajstić information content (AvgIpc) is 2.84. The van der Waals surface area contributed by atoms with Crippen molar-refractivity contribution in [1.29, 1.82) is 0 Å². The molecule has 1 saturated heterocycles. The molecule has 1 aliphatic carbocycles. The Labute approximate surface area is 93.9 Å². The standard InChI is InChI=1S/C11H16N2O3/c12-9-2-1-7(5-9)10(14)13-4-3-8(6-13)11(15)16/h1-2,7-9H,3-6,12H2,(H,15,16). The van der Waals surface area contributed by atoms with Gasteiger partial charge < -0.3 is 15.7 Å². The molecule has 1 heterocycles. The first kappa shape index (κ1) is 11.1. The van der Waals surface area contributed by atoms with E-state index >= 15 is 0 Å². The van der Waals surface area contributed by atoms with Crippen LogP contribution in [0.1, 0.15) is 12.8 Å². The average molecular weight is 224 g/mol. The summed E-state index contributed by atoms with van der Waals surface area (Å²) >= 11 is 0. The van der Waals surface area contributed by atoms with Crippen molar-refractivity contribution >= 4 is 11.9 Å². The van der Waals surface area contributed by atoms with Gasteiger partial charge in [0, 0.05) is 19.1 Å². The molecule has 1 amide bonds. The van der Waals surface area contributed by atoms with E-state index in [1.54, 1.807) is 4.90 Å². The van der Waals surface area contributed by atoms with Gasteiger partial charge in [-0.2, -0.15) is 0 Å². The minimum absolute atomic E-state index is 0.0213. The highest BCUT2D eigenvalue weighted by Crippen LogP contribution is 2.23. The van der Waals surface area contributed by atoms with E-state index in [4.69, 9.17) is 10.8 Å². The van der Waals surface area contributed by atoms with Crippen LogP contribution in [-0.4, -0.2) is 41.0 Å². The van der Waals surface area contributed by atoms with Crippen LogP contribution in [0, 0.1) is 11.8 Å². The predicted molar refractivity (Wildman–Crippen MR) is 57.5 cm³/mol. The second-order valence-electron chi connectivity index (χ2n) is 4.50. The van der Waals surface area contributed by atoms with Gasteiger partial charge in [-0.05, 0) is 12.8 Å². The first-order valence-electron chi connectivity index (χ1n) is 5.53. The maximum Gasteiger partial charge on any atom is 0.308 e. The number of carboxylic acids is 1. The Morgan fingerprint density at radius 1 is 1.38 bits per heavy atom. The molecule has 2 rings (SSSR count). The SMILES string of the molecule is NC1C=CC(C(=O)N2CCC(C(=O)O)C2)C1. The van der Waals surface area contributed by atoms with E-state index in [0.717, 1.165) is 0 Å². The molecule has 0 saturated carbocycles. The monoisotopic (exact) mass is 224 g/mol. The molecule has 0 radical (unpaired) electrons. The minimum Gasteiger partial charge on any atom is -0.481 e. The fourth-order valence-electron chi connectivity index (χ4n) is 2.31. The van der Waals surface area contributed by atoms with Gasteiger partial charge >= 0.3 is 5.97 Å². The highest BCUT2D eigenvalue weighted by Gasteiger charge is 2.34. The lowest BCUT2D eigenvalue weighted by Gasteiger charge is -2.19. The van der Waals surface area contributed by atoms with E-state index in [-0.39, 0.29) is 17.9 Å². The molecular formula is C11H16N2O3. The quantitative estimate of drug-likeness (QED) is 0.637. The largest absolute Gasteiger partial charge is 0.481 e. The smallest absolute Gasteiger partial charge is 0.308 e. The molecule has 88 valence electrons. The molecule has 5 nitrogen and oxygen atoms in total. The van der Waals surface area contributed by atoms with Crippen molar-refractivity contribution < 1.29 is 14.7 Å². The third-order valence-electron chi connectivity index (χ3n) is 3.28. The number of carbonyl (C=O) groups excluding carboxylic acids is 1. The van der Waals surface area contributed by atoms with Gasteiger partial charge in [0.15, 0.2) is 0 Å². The van der Waals surface area contributed by atoms with Crippen LogP contribution in [0.3, 0.4) is 0 Å². The number of rotatable bonds is 2. The number of hydrogen-bond acceptors (Lipinski definition) is 3. The Bertz CT molecular complexity index is 340. The third-order valence-corrected chi connectivity index (χ3v) is 3.28. The normalized spacial score (nSPS) is 33.3. The van der Waals surface area contributed by atoms with Crippen LogP contribution < -0.4 is 5.73 Å². The molecule has 0 spiro atoms. The molecule has 16 heavy (non-hydrogen) atoms. The Hall–Kier alpha value is -1.36. The lowest BCUT2D eigenvalue weighted by Crippen LogP contribution is -2.35. The van der Waals surface area contributed by atoms with Crippen LogP contribution in [-0.2, 0) is 9.59 Å². The molecule has 0 aromatic carbocycles. The molecule has 3 N–H and O–H groups in total. The van der Waals surface area contributed by atoms with Gasteiger partial charge in [0.2, 0.25) is 5.91 Å². The first-order chi connectivity index (χ1) is 7.58. The highest BCUT2D eigenvalue weighted by molar-refractivity contribution is 5.82. The van der Waals surface area contributed by atoms with Gasteiger partial charge in [0.05, 0.1) is 11.8 Å². The van der Waals surface area contributed by atoms with E-state index < -0.39 is 11.9 Å². The number of nitrogens with two attached hydrogens (primary N) is 1. The number of hydrogen-bond donors (Lipinski definition) is 2. The molecule has 1 aliphatic heterocycles. The van der Waals surface area contributed by atoms with Crippen molar-refractivity contribution in [3.63, 3.8) is 0 Å². The van der Waals surface area contributed by atoms with E-state index in [1.165, 1.54) is 0 Å². The van der Waals surface area contributed by atoms with E-state index in [1.807, 2.05) is 12.2 Å². The van der Waals surface area contributed by atoms with Gasteiger partial charge in [-0.1, -0.05) is 12.2 Å². The van der Waals surface area contributed by atoms with Crippen molar-refractivity contribution in [3.05, 3.63) is 12.2 Å². The maximum absolute atomic E-state index is 12.0. The van der Waals surface area contributed by atoms with Gasteiger partial charge in [0.25, 0.3) is 0 Å². The topological polar surface area (TPSA) is 83.6 Å². The van der Waals surface area contributed by atoms with E-state index in [9.17, 15) is 9.59 Å². The second kappa shape index (κ2) is 4.25.